The van der Waals surface area contributed by atoms with Crippen LogP contribution < -0.4 is 21.3 Å². The standard InChI is InChI=1S/C17H21N3O3/c1-3-6-14(20-18)16(21)17(22)19-12-9-11-7-4-5-8-13(11)15(10-12)23-2/h4-5,7-10,14,20H,3,6,18H2,1-2H3,(H,19,22). The number of rotatable bonds is 7. The number of ether oxygens (including phenoxy) is 1. The number of nitrogens with one attached hydrogen (secondary N) is 2. The van der Waals surface area contributed by atoms with E-state index in [0.29, 0.717) is 17.9 Å². The Morgan fingerprint density at radius 1 is 1.26 bits per heavy atom. The van der Waals surface area contributed by atoms with Crippen molar-refractivity contribution in [2.75, 3.05) is 12.4 Å². The molecule has 4 N–H and O–H groups in total. The van der Waals surface area contributed by atoms with Gasteiger partial charge in [0.05, 0.1) is 13.2 Å². The number of benzene rings is 2. The average molecular weight is 315 g/mol. The molecule has 0 radical (unpaired) electrons. The third kappa shape index (κ3) is 3.85. The molecular weight excluding hydrogens is 294 g/mol. The number of nitrogens with two attached hydrogens (primary N) is 1. The van der Waals surface area contributed by atoms with Gasteiger partial charge in [-0.1, -0.05) is 37.6 Å². The van der Waals surface area contributed by atoms with Crippen molar-refractivity contribution in [2.24, 2.45) is 5.84 Å². The van der Waals surface area contributed by atoms with Gasteiger partial charge in [0.25, 0.3) is 5.91 Å². The molecule has 0 saturated heterocycles. The normalized spacial score (nSPS) is 12.0. The first-order chi connectivity index (χ1) is 11.1. The number of anilines is 1. The van der Waals surface area contributed by atoms with Crippen LogP contribution in [-0.4, -0.2) is 24.8 Å². The summed E-state index contributed by atoms with van der Waals surface area (Å²) < 4.78 is 5.35. The van der Waals surface area contributed by atoms with Crippen molar-refractivity contribution >= 4 is 28.2 Å². The van der Waals surface area contributed by atoms with Gasteiger partial charge in [0, 0.05) is 17.1 Å². The van der Waals surface area contributed by atoms with Crippen LogP contribution in [0.1, 0.15) is 19.8 Å². The van der Waals surface area contributed by atoms with Crippen molar-refractivity contribution in [3.63, 3.8) is 0 Å². The lowest BCUT2D eigenvalue weighted by molar-refractivity contribution is -0.136. The summed E-state index contributed by atoms with van der Waals surface area (Å²) in [5.41, 5.74) is 2.89. The molecule has 0 spiro atoms. The van der Waals surface area contributed by atoms with Crippen molar-refractivity contribution in [3.8, 4) is 5.75 Å². The number of ketones is 1. The summed E-state index contributed by atoms with van der Waals surface area (Å²) in [4.78, 5) is 24.2. The Morgan fingerprint density at radius 2 is 2.00 bits per heavy atom. The maximum atomic E-state index is 12.1. The van der Waals surface area contributed by atoms with Crippen LogP contribution >= 0.6 is 0 Å². The van der Waals surface area contributed by atoms with Gasteiger partial charge in [-0.25, -0.2) is 5.43 Å². The van der Waals surface area contributed by atoms with Crippen molar-refractivity contribution in [1.29, 1.82) is 0 Å². The van der Waals surface area contributed by atoms with Gasteiger partial charge in [0.1, 0.15) is 5.75 Å². The predicted octanol–water partition coefficient (Wildman–Crippen LogP) is 1.99. The SMILES string of the molecule is CCCC(NN)C(=O)C(=O)Nc1cc(OC)c2ccccc2c1. The summed E-state index contributed by atoms with van der Waals surface area (Å²) in [6, 6.07) is 10.5. The summed E-state index contributed by atoms with van der Waals surface area (Å²) in [6.45, 7) is 1.92. The molecule has 1 atom stereocenters. The van der Waals surface area contributed by atoms with Crippen LogP contribution in [0, 0.1) is 0 Å². The lowest BCUT2D eigenvalue weighted by Crippen LogP contribution is -2.46. The topological polar surface area (TPSA) is 93.5 Å². The Hall–Kier alpha value is -2.44. The molecular formula is C17H21N3O3. The number of hydrogen-bond acceptors (Lipinski definition) is 5. The zero-order chi connectivity index (χ0) is 16.8. The fraction of sp³-hybridized carbons (Fsp3) is 0.294. The van der Waals surface area contributed by atoms with Gasteiger partial charge in [-0.05, 0) is 17.9 Å². The molecule has 1 amide bonds. The van der Waals surface area contributed by atoms with Gasteiger partial charge >= 0.3 is 0 Å². The van der Waals surface area contributed by atoms with Gasteiger partial charge in [-0.15, -0.1) is 0 Å². The summed E-state index contributed by atoms with van der Waals surface area (Å²) in [5.74, 6) is 4.69. The summed E-state index contributed by atoms with van der Waals surface area (Å²) in [6.07, 6.45) is 1.25. The Kier molecular flexibility index (Phi) is 5.67. The monoisotopic (exact) mass is 315 g/mol. The van der Waals surface area contributed by atoms with Crippen LogP contribution in [0.3, 0.4) is 0 Å². The first-order valence-corrected chi connectivity index (χ1v) is 7.48. The minimum Gasteiger partial charge on any atom is -0.496 e. The molecule has 23 heavy (non-hydrogen) atoms. The molecule has 0 aliphatic rings. The second-order valence-corrected chi connectivity index (χ2v) is 5.23. The van der Waals surface area contributed by atoms with Crippen LogP contribution in [-0.2, 0) is 9.59 Å². The van der Waals surface area contributed by atoms with E-state index in [-0.39, 0.29) is 0 Å². The van der Waals surface area contributed by atoms with E-state index in [1.807, 2.05) is 31.2 Å². The zero-order valence-corrected chi connectivity index (χ0v) is 13.3. The molecule has 6 heteroatoms. The summed E-state index contributed by atoms with van der Waals surface area (Å²) in [7, 11) is 1.56. The molecule has 2 aromatic carbocycles. The van der Waals surface area contributed by atoms with Crippen LogP contribution in [0.5, 0.6) is 5.75 Å². The quantitative estimate of drug-likeness (QED) is 0.413. The van der Waals surface area contributed by atoms with E-state index in [2.05, 4.69) is 10.7 Å². The highest BCUT2D eigenvalue weighted by molar-refractivity contribution is 6.42. The van der Waals surface area contributed by atoms with E-state index in [1.54, 1.807) is 19.2 Å². The predicted molar refractivity (Wildman–Crippen MR) is 90.2 cm³/mol. The minimum atomic E-state index is -0.696. The molecule has 6 nitrogen and oxygen atoms in total. The molecule has 2 rings (SSSR count). The molecule has 0 heterocycles. The first-order valence-electron chi connectivity index (χ1n) is 7.48. The lowest BCUT2D eigenvalue weighted by atomic mass is 10.1. The Morgan fingerprint density at radius 3 is 2.65 bits per heavy atom. The molecule has 0 fully saturated rings. The highest BCUT2D eigenvalue weighted by Gasteiger charge is 2.23. The van der Waals surface area contributed by atoms with E-state index in [9.17, 15) is 9.59 Å². The molecule has 0 bridgehead atoms. The van der Waals surface area contributed by atoms with E-state index >= 15 is 0 Å². The highest BCUT2D eigenvalue weighted by Crippen LogP contribution is 2.29. The fourth-order valence-corrected chi connectivity index (χ4v) is 2.45. The number of Topliss-reactive ketones (excluding diaryl/α,β-unsaturated/α-hetero) is 1. The average Bonchev–Trinajstić information content (AvgIpc) is 2.58. The molecule has 2 aromatic rings. The number of methoxy groups -OCH3 is 1. The fourth-order valence-electron chi connectivity index (χ4n) is 2.45. The van der Waals surface area contributed by atoms with Crippen LogP contribution in [0.25, 0.3) is 10.8 Å². The summed E-state index contributed by atoms with van der Waals surface area (Å²) in [5, 5.41) is 4.47. The molecule has 0 aromatic heterocycles. The van der Waals surface area contributed by atoms with E-state index < -0.39 is 17.7 Å². The van der Waals surface area contributed by atoms with Crippen LogP contribution in [0.4, 0.5) is 5.69 Å². The number of hydrazine groups is 1. The second kappa shape index (κ2) is 7.71. The van der Waals surface area contributed by atoms with Crippen LogP contribution in [0.2, 0.25) is 0 Å². The van der Waals surface area contributed by atoms with Gasteiger partial charge in [0.15, 0.2) is 0 Å². The van der Waals surface area contributed by atoms with Crippen LogP contribution in [0.15, 0.2) is 36.4 Å². The number of hydrogen-bond donors (Lipinski definition) is 3. The zero-order valence-electron chi connectivity index (χ0n) is 13.3. The molecule has 1 unspecified atom stereocenters. The maximum Gasteiger partial charge on any atom is 0.293 e. The number of carbonyl (C=O) groups excluding carboxylic acids is 2. The number of carbonyl (C=O) groups is 2. The van der Waals surface area contributed by atoms with Gasteiger partial charge < -0.3 is 10.1 Å². The van der Waals surface area contributed by atoms with Crippen molar-refractivity contribution in [1.82, 2.24) is 5.43 Å². The number of amides is 1. The highest BCUT2D eigenvalue weighted by atomic mass is 16.5. The van der Waals surface area contributed by atoms with E-state index in [0.717, 1.165) is 17.2 Å². The smallest absolute Gasteiger partial charge is 0.293 e. The molecule has 0 aliphatic carbocycles. The maximum absolute atomic E-state index is 12.1. The third-order valence-corrected chi connectivity index (χ3v) is 3.62. The molecule has 0 saturated carbocycles. The minimum absolute atomic E-state index is 0.504. The van der Waals surface area contributed by atoms with Gasteiger partial charge in [-0.3, -0.25) is 15.4 Å². The van der Waals surface area contributed by atoms with Gasteiger partial charge in [-0.2, -0.15) is 0 Å². The molecule has 0 aliphatic heterocycles. The third-order valence-electron chi connectivity index (χ3n) is 3.62. The van der Waals surface area contributed by atoms with Crippen molar-refractivity contribution < 1.29 is 14.3 Å². The summed E-state index contributed by atoms with van der Waals surface area (Å²) >= 11 is 0. The Bertz CT molecular complexity index is 715. The van der Waals surface area contributed by atoms with Crippen molar-refractivity contribution in [3.05, 3.63) is 36.4 Å². The van der Waals surface area contributed by atoms with Gasteiger partial charge in [0.2, 0.25) is 5.78 Å². The number of fused-ring (bicyclic) bond motifs is 1. The second-order valence-electron chi connectivity index (χ2n) is 5.23. The lowest BCUT2D eigenvalue weighted by Gasteiger charge is -2.14. The van der Waals surface area contributed by atoms with Crippen molar-refractivity contribution in [2.45, 2.75) is 25.8 Å². The largest absolute Gasteiger partial charge is 0.496 e. The van der Waals surface area contributed by atoms with E-state index in [4.69, 9.17) is 10.6 Å². The van der Waals surface area contributed by atoms with E-state index in [1.165, 1.54) is 0 Å². The Balaban J connectivity index is 2.24. The molecule has 122 valence electrons. The first kappa shape index (κ1) is 16.9. The Labute approximate surface area is 135 Å².